The van der Waals surface area contributed by atoms with Crippen molar-refractivity contribution in [1.29, 1.82) is 0 Å². The van der Waals surface area contributed by atoms with Crippen molar-refractivity contribution in [1.82, 2.24) is 5.32 Å². The minimum atomic E-state index is -1.98. The van der Waals surface area contributed by atoms with Gasteiger partial charge in [0.2, 0.25) is 5.91 Å². The summed E-state index contributed by atoms with van der Waals surface area (Å²) >= 11 is 0. The number of nitrogens with one attached hydrogen (secondary N) is 1. The van der Waals surface area contributed by atoms with E-state index >= 15 is 0 Å². The summed E-state index contributed by atoms with van der Waals surface area (Å²) < 4.78 is 34.4. The molecule has 94 heavy (non-hydrogen) atoms. The molecule has 3 heterocycles. The molecule has 19 heteroatoms. The molecule has 12 N–H and O–H groups in total. The first-order chi connectivity index (χ1) is 45.8. The number of unbranched alkanes of at least 4 members (excludes halogenated alkanes) is 31. The lowest BCUT2D eigenvalue weighted by Crippen LogP contribution is -2.66. The van der Waals surface area contributed by atoms with E-state index in [0.717, 1.165) is 77.0 Å². The van der Waals surface area contributed by atoms with Gasteiger partial charge in [-0.3, -0.25) is 4.79 Å². The molecule has 0 radical (unpaired) electrons. The van der Waals surface area contributed by atoms with Crippen LogP contribution in [0.5, 0.6) is 0 Å². The molecule has 0 aromatic heterocycles. The maximum atomic E-state index is 13.4. The SMILES string of the molecule is CC/C=C\C/C=C\C/C=C\C/C=C\C/C=C\CCCCCCCCCCCCCCCCCCCCCC(=O)NC(COC1OC(CO)C(OC2OC(CO)C(OC3OC(CO)C(O)C(O)C3O)C(O)C2O)C(O)C1O)C(O)/C=C/CCCCCCCCCCCCCC. The van der Waals surface area contributed by atoms with Crippen molar-refractivity contribution in [2.24, 2.45) is 0 Å². The van der Waals surface area contributed by atoms with Gasteiger partial charge in [-0.2, -0.15) is 0 Å². The highest BCUT2D eigenvalue weighted by atomic mass is 16.8. The number of ether oxygens (including phenoxy) is 6. The predicted octanol–water partition coefficient (Wildman–Crippen LogP) is 10.9. The van der Waals surface area contributed by atoms with Crippen molar-refractivity contribution in [3.8, 4) is 0 Å². The highest BCUT2D eigenvalue weighted by Gasteiger charge is 2.53. The number of allylic oxidation sites excluding steroid dienone is 11. The second-order valence-corrected chi connectivity index (χ2v) is 26.4. The van der Waals surface area contributed by atoms with Crippen LogP contribution in [0.2, 0.25) is 0 Å². The minimum Gasteiger partial charge on any atom is -0.394 e. The summed E-state index contributed by atoms with van der Waals surface area (Å²) in [5.74, 6) is -0.275. The van der Waals surface area contributed by atoms with E-state index in [1.54, 1.807) is 6.08 Å². The molecule has 3 fully saturated rings. The van der Waals surface area contributed by atoms with Crippen LogP contribution >= 0.6 is 0 Å². The molecule has 19 nitrogen and oxygen atoms in total. The van der Waals surface area contributed by atoms with Crippen LogP contribution < -0.4 is 5.32 Å². The molecular formula is C75H133NO18. The zero-order chi connectivity index (χ0) is 68.2. The third-order valence-corrected chi connectivity index (χ3v) is 18.3. The van der Waals surface area contributed by atoms with E-state index in [0.29, 0.717) is 6.42 Å². The molecule has 0 aromatic rings. The summed E-state index contributed by atoms with van der Waals surface area (Å²) in [7, 11) is 0. The third-order valence-electron chi connectivity index (χ3n) is 18.3. The second-order valence-electron chi connectivity index (χ2n) is 26.4. The Balaban J connectivity index is 1.34. The minimum absolute atomic E-state index is 0.243. The van der Waals surface area contributed by atoms with Gasteiger partial charge in [0, 0.05) is 6.42 Å². The standard InChI is InChI=1S/C75H133NO18/c1-3-5-7-9-11-13-15-17-19-20-21-22-23-24-25-26-27-28-29-30-31-32-33-34-35-36-37-38-39-41-43-45-47-49-51-53-63(81)76-58(59(80)52-50-48-46-44-42-40-18-16-14-12-10-8-6-4-2)57-89-73-69(87)66(84)71(61(55-78)91-73)94-75-70(88)67(85)72(62(56-79)92-75)93-74-68(86)65(83)64(82)60(54-77)90-74/h5,7,11,13,17,19,21-22,24-25,50,52,58-62,64-75,77-80,82-88H,3-4,6,8-10,12,14-16,18,20,23,26-49,51,53-57H2,1-2H3,(H,76,81)/b7-5-,13-11-,19-17-,22-21-,25-24-,52-50+. The molecule has 0 aromatic carbocycles. The molecule has 1 amide bonds. The number of rotatable bonds is 57. The molecule has 17 unspecified atom stereocenters. The average Bonchev–Trinajstić information content (AvgIpc) is 0.792. The third kappa shape index (κ3) is 36.9. The first-order valence-electron chi connectivity index (χ1n) is 37.2. The van der Waals surface area contributed by atoms with E-state index in [4.69, 9.17) is 28.4 Å². The van der Waals surface area contributed by atoms with Crippen LogP contribution in [0.15, 0.2) is 72.9 Å². The fourth-order valence-corrected chi connectivity index (χ4v) is 12.3. The van der Waals surface area contributed by atoms with Crippen LogP contribution in [0.3, 0.4) is 0 Å². The Morgan fingerprint density at radius 3 is 1.15 bits per heavy atom. The fraction of sp³-hybridized carbons (Fsp3) is 0.827. The quantitative estimate of drug-likeness (QED) is 0.0199. The lowest BCUT2D eigenvalue weighted by Gasteiger charge is -2.48. The number of hydrogen-bond donors (Lipinski definition) is 12. The lowest BCUT2D eigenvalue weighted by atomic mass is 9.96. The molecule has 0 aliphatic carbocycles. The largest absolute Gasteiger partial charge is 0.394 e. The summed E-state index contributed by atoms with van der Waals surface area (Å²) in [6, 6.07) is -0.974. The van der Waals surface area contributed by atoms with Gasteiger partial charge in [-0.05, 0) is 64.2 Å². The summed E-state index contributed by atoms with van der Waals surface area (Å²) in [6.45, 7) is 1.62. The van der Waals surface area contributed by atoms with Gasteiger partial charge in [0.15, 0.2) is 18.9 Å². The number of hydrogen-bond acceptors (Lipinski definition) is 18. The van der Waals surface area contributed by atoms with Crippen molar-refractivity contribution >= 4 is 5.91 Å². The predicted molar refractivity (Wildman–Crippen MR) is 369 cm³/mol. The maximum absolute atomic E-state index is 13.4. The van der Waals surface area contributed by atoms with E-state index in [2.05, 4.69) is 79.9 Å². The van der Waals surface area contributed by atoms with E-state index in [1.807, 2.05) is 6.08 Å². The number of carbonyl (C=O) groups is 1. The van der Waals surface area contributed by atoms with Gasteiger partial charge < -0.3 is 89.9 Å². The number of amides is 1. The molecule has 17 atom stereocenters. The topological polar surface area (TPSA) is 307 Å². The van der Waals surface area contributed by atoms with Gasteiger partial charge in [-0.1, -0.05) is 267 Å². The van der Waals surface area contributed by atoms with Gasteiger partial charge >= 0.3 is 0 Å². The van der Waals surface area contributed by atoms with E-state index in [-0.39, 0.29) is 18.9 Å². The summed E-state index contributed by atoms with van der Waals surface area (Å²) in [5.41, 5.74) is 0. The van der Waals surface area contributed by atoms with E-state index < -0.39 is 124 Å². The molecule has 546 valence electrons. The molecule has 0 saturated carbocycles. The van der Waals surface area contributed by atoms with Crippen molar-refractivity contribution in [2.75, 3.05) is 26.4 Å². The maximum Gasteiger partial charge on any atom is 0.220 e. The van der Waals surface area contributed by atoms with Gasteiger partial charge in [0.05, 0.1) is 38.6 Å². The molecule has 0 spiro atoms. The molecule has 3 aliphatic rings. The number of aliphatic hydroxyl groups excluding tert-OH is 11. The summed E-state index contributed by atoms with van der Waals surface area (Å²) in [5, 5.41) is 121. The molecule has 0 bridgehead atoms. The first-order valence-corrected chi connectivity index (χ1v) is 37.2. The van der Waals surface area contributed by atoms with Crippen LogP contribution in [0.4, 0.5) is 0 Å². The smallest absolute Gasteiger partial charge is 0.220 e. The highest BCUT2D eigenvalue weighted by Crippen LogP contribution is 2.33. The first kappa shape index (κ1) is 85.5. The van der Waals surface area contributed by atoms with Gasteiger partial charge in [-0.15, -0.1) is 0 Å². The fourth-order valence-electron chi connectivity index (χ4n) is 12.3. The van der Waals surface area contributed by atoms with Crippen LogP contribution in [0.1, 0.15) is 264 Å². The number of aliphatic hydroxyl groups is 11. The summed E-state index contributed by atoms with van der Waals surface area (Å²) in [6.07, 6.45) is 44.7. The zero-order valence-corrected chi connectivity index (χ0v) is 57.9. The second kappa shape index (κ2) is 56.0. The average molecular weight is 1340 g/mol. The Labute approximate surface area is 566 Å². The van der Waals surface area contributed by atoms with Crippen LogP contribution in [-0.2, 0) is 33.2 Å². The van der Waals surface area contributed by atoms with Gasteiger partial charge in [0.1, 0.15) is 73.2 Å². The zero-order valence-electron chi connectivity index (χ0n) is 57.9. The highest BCUT2D eigenvalue weighted by molar-refractivity contribution is 5.76. The Kier molecular flexibility index (Phi) is 50.9. The Morgan fingerprint density at radius 1 is 0.394 bits per heavy atom. The van der Waals surface area contributed by atoms with Crippen LogP contribution in [0, 0.1) is 0 Å². The molecule has 3 aliphatic heterocycles. The monoisotopic (exact) mass is 1340 g/mol. The molecule has 3 rings (SSSR count). The van der Waals surface area contributed by atoms with Crippen molar-refractivity contribution in [3.63, 3.8) is 0 Å². The van der Waals surface area contributed by atoms with Gasteiger partial charge in [-0.25, -0.2) is 0 Å². The Bertz CT molecular complexity index is 1980. The number of carbonyl (C=O) groups excluding carboxylic acids is 1. The van der Waals surface area contributed by atoms with E-state index in [1.165, 1.54) is 161 Å². The van der Waals surface area contributed by atoms with Gasteiger partial charge in [0.25, 0.3) is 0 Å². The summed E-state index contributed by atoms with van der Waals surface area (Å²) in [4.78, 5) is 13.4. The van der Waals surface area contributed by atoms with Crippen LogP contribution in [0.25, 0.3) is 0 Å². The molecular weight excluding hydrogens is 1200 g/mol. The van der Waals surface area contributed by atoms with Crippen LogP contribution in [-0.4, -0.2) is 193 Å². The lowest BCUT2D eigenvalue weighted by molar-refractivity contribution is -0.379. The molecule has 3 saturated heterocycles. The Morgan fingerprint density at radius 2 is 0.734 bits per heavy atom. The van der Waals surface area contributed by atoms with E-state index in [9.17, 15) is 61.0 Å². The normalized spacial score (nSPS) is 27.8. The van der Waals surface area contributed by atoms with Crippen molar-refractivity contribution in [2.45, 2.75) is 369 Å². The Hall–Kier alpha value is -2.77. The van der Waals surface area contributed by atoms with Crippen molar-refractivity contribution in [3.05, 3.63) is 72.9 Å². The van der Waals surface area contributed by atoms with Crippen molar-refractivity contribution < 1.29 is 89.4 Å².